The van der Waals surface area contributed by atoms with Gasteiger partial charge in [0.1, 0.15) is 5.82 Å². The number of anilines is 2. The van der Waals surface area contributed by atoms with Gasteiger partial charge in [-0.2, -0.15) is 0 Å². The second-order valence-electron chi connectivity index (χ2n) is 4.90. The maximum atomic E-state index is 13.9. The molecule has 0 unspecified atom stereocenters. The highest BCUT2D eigenvalue weighted by Gasteiger charge is 2.16. The van der Waals surface area contributed by atoms with Crippen molar-refractivity contribution >= 4 is 51.8 Å². The minimum Gasteiger partial charge on any atom is -0.366 e. The highest BCUT2D eigenvalue weighted by molar-refractivity contribution is 6.39. The summed E-state index contributed by atoms with van der Waals surface area (Å²) in [5.41, 5.74) is 6.35. The van der Waals surface area contributed by atoms with E-state index in [1.54, 1.807) is 29.8 Å². The molecule has 0 atom stereocenters. The molecule has 2 aromatic carbocycles. The van der Waals surface area contributed by atoms with E-state index in [-0.39, 0.29) is 5.56 Å². The second-order valence-corrected chi connectivity index (χ2v) is 5.72. The van der Waals surface area contributed by atoms with Gasteiger partial charge < -0.3 is 15.6 Å². The number of hydrogen-bond donors (Lipinski definition) is 2. The largest absolute Gasteiger partial charge is 0.366 e. The summed E-state index contributed by atoms with van der Waals surface area (Å²) in [7, 11) is 1.70. The summed E-state index contributed by atoms with van der Waals surface area (Å²) < 4.78 is 15.5. The van der Waals surface area contributed by atoms with Crippen LogP contribution in [0.15, 0.2) is 30.3 Å². The first-order valence-electron chi connectivity index (χ1n) is 6.55. The Kier molecular flexibility index (Phi) is 3.87. The SMILES string of the molecule is Cn1c(Nc2c(Cl)cccc2Cl)nc2cc(C(N)=O)c(F)cc21. The minimum atomic E-state index is -0.848. The number of benzene rings is 2. The quantitative estimate of drug-likeness (QED) is 0.751. The van der Waals surface area contributed by atoms with Crippen LogP contribution in [0.3, 0.4) is 0 Å². The number of imidazole rings is 1. The van der Waals surface area contributed by atoms with Gasteiger partial charge in [-0.1, -0.05) is 29.3 Å². The summed E-state index contributed by atoms with van der Waals surface area (Å²) in [4.78, 5) is 15.6. The fraction of sp³-hybridized carbons (Fsp3) is 0.0667. The van der Waals surface area contributed by atoms with Crippen LogP contribution in [0.5, 0.6) is 0 Å². The number of primary amides is 1. The Hall–Kier alpha value is -2.31. The van der Waals surface area contributed by atoms with Gasteiger partial charge in [-0.25, -0.2) is 9.37 Å². The van der Waals surface area contributed by atoms with Crippen LogP contribution >= 0.6 is 23.2 Å². The molecule has 0 fully saturated rings. The number of fused-ring (bicyclic) bond motifs is 1. The average Bonchev–Trinajstić information content (AvgIpc) is 2.78. The monoisotopic (exact) mass is 352 g/mol. The van der Waals surface area contributed by atoms with Crippen molar-refractivity contribution in [1.29, 1.82) is 0 Å². The molecule has 3 rings (SSSR count). The molecule has 1 amide bonds. The maximum absolute atomic E-state index is 13.9. The maximum Gasteiger partial charge on any atom is 0.251 e. The molecule has 0 aliphatic rings. The van der Waals surface area contributed by atoms with Gasteiger partial charge in [0.15, 0.2) is 0 Å². The number of aromatic nitrogens is 2. The van der Waals surface area contributed by atoms with Crippen LogP contribution < -0.4 is 11.1 Å². The lowest BCUT2D eigenvalue weighted by molar-refractivity contribution is 0.0996. The van der Waals surface area contributed by atoms with E-state index in [2.05, 4.69) is 10.3 Å². The van der Waals surface area contributed by atoms with Gasteiger partial charge in [-0.15, -0.1) is 0 Å². The Bertz CT molecular complexity index is 919. The summed E-state index contributed by atoms with van der Waals surface area (Å²) in [5, 5.41) is 3.86. The van der Waals surface area contributed by atoms with Crippen LogP contribution in [0.1, 0.15) is 10.4 Å². The summed E-state index contributed by atoms with van der Waals surface area (Å²) in [6, 6.07) is 7.61. The van der Waals surface area contributed by atoms with Gasteiger partial charge in [0.25, 0.3) is 5.91 Å². The van der Waals surface area contributed by atoms with Crippen LogP contribution in [0.25, 0.3) is 11.0 Å². The second kappa shape index (κ2) is 5.72. The first kappa shape index (κ1) is 15.6. The van der Waals surface area contributed by atoms with E-state index in [0.29, 0.717) is 32.7 Å². The number of nitrogens with zero attached hydrogens (tertiary/aromatic N) is 2. The van der Waals surface area contributed by atoms with Gasteiger partial charge >= 0.3 is 0 Å². The van der Waals surface area contributed by atoms with Gasteiger partial charge in [0.2, 0.25) is 5.95 Å². The van der Waals surface area contributed by atoms with Crippen molar-refractivity contribution in [1.82, 2.24) is 9.55 Å². The first-order valence-corrected chi connectivity index (χ1v) is 7.31. The molecule has 1 heterocycles. The van der Waals surface area contributed by atoms with Crippen molar-refractivity contribution in [2.75, 3.05) is 5.32 Å². The Labute approximate surface area is 140 Å². The normalized spacial score (nSPS) is 11.0. The molecule has 3 N–H and O–H groups in total. The predicted octanol–water partition coefficient (Wildman–Crippen LogP) is 3.86. The predicted molar refractivity (Wildman–Crippen MR) is 88.9 cm³/mol. The van der Waals surface area contributed by atoms with Gasteiger partial charge in [0, 0.05) is 13.1 Å². The fourth-order valence-electron chi connectivity index (χ4n) is 2.24. The Balaban J connectivity index is 2.12. The van der Waals surface area contributed by atoms with Crippen molar-refractivity contribution in [2.24, 2.45) is 12.8 Å². The van der Waals surface area contributed by atoms with E-state index >= 15 is 0 Å². The van der Waals surface area contributed by atoms with Crippen LogP contribution in [-0.2, 0) is 7.05 Å². The summed E-state index contributed by atoms with van der Waals surface area (Å²) in [5.74, 6) is -1.15. The summed E-state index contributed by atoms with van der Waals surface area (Å²) in [6.45, 7) is 0. The molecule has 0 radical (unpaired) electrons. The first-order chi connectivity index (χ1) is 10.9. The number of carbonyl (C=O) groups excluding carboxylic acids is 1. The van der Waals surface area contributed by atoms with Gasteiger partial charge in [-0.05, 0) is 18.2 Å². The zero-order valence-electron chi connectivity index (χ0n) is 11.9. The fourth-order valence-corrected chi connectivity index (χ4v) is 2.73. The Morgan fingerprint density at radius 1 is 1.30 bits per heavy atom. The zero-order chi connectivity index (χ0) is 16.7. The van der Waals surface area contributed by atoms with E-state index in [4.69, 9.17) is 28.9 Å². The summed E-state index contributed by atoms with van der Waals surface area (Å²) >= 11 is 12.2. The number of para-hydroxylation sites is 1. The molecule has 0 saturated carbocycles. The molecule has 0 spiro atoms. The summed E-state index contributed by atoms with van der Waals surface area (Å²) in [6.07, 6.45) is 0. The number of halogens is 3. The third-order valence-corrected chi connectivity index (χ3v) is 4.06. The third-order valence-electron chi connectivity index (χ3n) is 3.43. The molecule has 118 valence electrons. The number of aryl methyl sites for hydroxylation is 1. The average molecular weight is 353 g/mol. The highest BCUT2D eigenvalue weighted by Crippen LogP contribution is 2.33. The van der Waals surface area contributed by atoms with Gasteiger partial charge in [0.05, 0.1) is 32.3 Å². The number of amides is 1. The molecule has 5 nitrogen and oxygen atoms in total. The Morgan fingerprint density at radius 2 is 1.96 bits per heavy atom. The molecule has 0 aliphatic heterocycles. The molecule has 3 aromatic rings. The van der Waals surface area contributed by atoms with E-state index < -0.39 is 11.7 Å². The molecule has 1 aromatic heterocycles. The van der Waals surface area contributed by atoms with Crippen LogP contribution in [0, 0.1) is 5.82 Å². The number of carbonyl (C=O) groups is 1. The Morgan fingerprint density at radius 3 is 2.57 bits per heavy atom. The van der Waals surface area contributed by atoms with Crippen molar-refractivity contribution in [3.8, 4) is 0 Å². The van der Waals surface area contributed by atoms with Crippen molar-refractivity contribution in [3.05, 3.63) is 51.8 Å². The zero-order valence-corrected chi connectivity index (χ0v) is 13.4. The molecule has 23 heavy (non-hydrogen) atoms. The topological polar surface area (TPSA) is 72.9 Å². The number of hydrogen-bond acceptors (Lipinski definition) is 3. The minimum absolute atomic E-state index is 0.210. The molecular formula is C15H11Cl2FN4O. The van der Waals surface area contributed by atoms with Crippen molar-refractivity contribution in [2.45, 2.75) is 0 Å². The van der Waals surface area contributed by atoms with Crippen molar-refractivity contribution in [3.63, 3.8) is 0 Å². The van der Waals surface area contributed by atoms with Gasteiger partial charge in [-0.3, -0.25) is 4.79 Å². The number of nitrogens with one attached hydrogen (secondary N) is 1. The molecule has 0 aliphatic carbocycles. The van der Waals surface area contributed by atoms with E-state index in [1.165, 1.54) is 12.1 Å². The molecule has 0 bridgehead atoms. The number of rotatable bonds is 3. The highest BCUT2D eigenvalue weighted by atomic mass is 35.5. The lowest BCUT2D eigenvalue weighted by Crippen LogP contribution is -2.13. The lowest BCUT2D eigenvalue weighted by atomic mass is 10.2. The smallest absolute Gasteiger partial charge is 0.251 e. The van der Waals surface area contributed by atoms with E-state index in [0.717, 1.165) is 0 Å². The van der Waals surface area contributed by atoms with E-state index in [1.807, 2.05) is 0 Å². The molecular weight excluding hydrogens is 342 g/mol. The lowest BCUT2D eigenvalue weighted by Gasteiger charge is -2.09. The number of nitrogens with two attached hydrogens (primary N) is 1. The molecule has 8 heteroatoms. The van der Waals surface area contributed by atoms with Crippen LogP contribution in [-0.4, -0.2) is 15.5 Å². The van der Waals surface area contributed by atoms with Crippen LogP contribution in [0.4, 0.5) is 16.0 Å². The van der Waals surface area contributed by atoms with Crippen LogP contribution in [0.2, 0.25) is 10.0 Å². The standard InChI is InChI=1S/C15H11Cl2FN4O/c1-22-12-6-10(18)7(14(19)23)5-11(12)20-15(22)21-13-8(16)3-2-4-9(13)17/h2-6H,1H3,(H2,19,23)(H,20,21). The van der Waals surface area contributed by atoms with Crippen molar-refractivity contribution < 1.29 is 9.18 Å². The molecule has 0 saturated heterocycles. The van der Waals surface area contributed by atoms with E-state index in [9.17, 15) is 9.18 Å². The third kappa shape index (κ3) is 2.71.